The number of nitrogens with zero attached hydrogens (tertiary/aromatic N) is 2. The van der Waals surface area contributed by atoms with Gasteiger partial charge in [-0.3, -0.25) is 0 Å². The molecule has 7 heteroatoms. The summed E-state index contributed by atoms with van der Waals surface area (Å²) in [5, 5.41) is -1.66. The Balaban J connectivity index is 3.04. The van der Waals surface area contributed by atoms with Crippen LogP contribution in [0.25, 0.3) is 0 Å². The number of pyridine rings is 1. The van der Waals surface area contributed by atoms with Gasteiger partial charge in [0.15, 0.2) is 11.6 Å². The van der Waals surface area contributed by atoms with Gasteiger partial charge in [0.1, 0.15) is 0 Å². The fraction of sp³-hybridized carbons (Fsp3) is 0.143. The predicted octanol–water partition coefficient (Wildman–Crippen LogP) is 3.05. The third kappa shape index (κ3) is 2.66. The lowest BCUT2D eigenvalue weighted by molar-refractivity contribution is -0.0558. The quantitative estimate of drug-likeness (QED) is 0.534. The maximum Gasteiger partial charge on any atom is 0.444 e. The van der Waals surface area contributed by atoms with Crippen molar-refractivity contribution in [3.63, 3.8) is 0 Å². The molecule has 0 N–H and O–H groups in total. The number of hydrogen-bond acceptors (Lipinski definition) is 2. The minimum atomic E-state index is -4.79. The van der Waals surface area contributed by atoms with Gasteiger partial charge in [-0.25, -0.2) is 14.4 Å². The molecule has 14 heavy (non-hydrogen) atoms. The van der Waals surface area contributed by atoms with E-state index >= 15 is 0 Å². The normalized spacial score (nSPS) is 13.1. The van der Waals surface area contributed by atoms with E-state index in [1.807, 2.05) is 0 Å². The molecule has 0 aromatic carbocycles. The van der Waals surface area contributed by atoms with E-state index in [1.165, 1.54) is 6.07 Å². The summed E-state index contributed by atoms with van der Waals surface area (Å²) in [7, 11) is 0. The first kappa shape index (κ1) is 10.9. The largest absolute Gasteiger partial charge is 0.444 e. The summed E-state index contributed by atoms with van der Waals surface area (Å²) in [5.41, 5.74) is 0. The summed E-state index contributed by atoms with van der Waals surface area (Å²) in [6.45, 7) is 0. The van der Waals surface area contributed by atoms with Crippen molar-refractivity contribution in [3.8, 4) is 0 Å². The molecule has 1 aromatic heterocycles. The van der Waals surface area contributed by atoms with Crippen molar-refractivity contribution in [1.29, 1.82) is 0 Å². The van der Waals surface area contributed by atoms with Gasteiger partial charge in [0.2, 0.25) is 5.17 Å². The van der Waals surface area contributed by atoms with Gasteiger partial charge in [0.25, 0.3) is 0 Å². The van der Waals surface area contributed by atoms with E-state index < -0.39 is 23.0 Å². The van der Waals surface area contributed by atoms with Crippen LogP contribution in [0.15, 0.2) is 23.3 Å². The van der Waals surface area contributed by atoms with E-state index in [0.717, 1.165) is 12.3 Å². The first-order valence-electron chi connectivity index (χ1n) is 3.33. The highest BCUT2D eigenvalue weighted by Crippen LogP contribution is 2.23. The molecule has 0 aliphatic heterocycles. The smallest absolute Gasteiger partial charge is 0.235 e. The van der Waals surface area contributed by atoms with Crippen LogP contribution in [0.2, 0.25) is 0 Å². The van der Waals surface area contributed by atoms with E-state index in [1.54, 1.807) is 0 Å². The predicted molar refractivity (Wildman–Crippen MR) is 43.2 cm³/mol. The molecule has 0 bridgehead atoms. The van der Waals surface area contributed by atoms with Gasteiger partial charge in [-0.05, 0) is 12.1 Å². The summed E-state index contributed by atoms with van der Waals surface area (Å²) in [6, 6.07) is 2.17. The molecule has 1 aromatic rings. The minimum Gasteiger partial charge on any atom is -0.235 e. The monoisotopic (exact) mass is 226 g/mol. The lowest BCUT2D eigenvalue weighted by Crippen LogP contribution is -2.16. The Morgan fingerprint density at radius 3 is 2.57 bits per heavy atom. The molecular formula is C7H3ClF4N2. The van der Waals surface area contributed by atoms with Gasteiger partial charge in [0, 0.05) is 6.20 Å². The van der Waals surface area contributed by atoms with Crippen molar-refractivity contribution in [2.24, 2.45) is 4.99 Å². The Kier molecular flexibility index (Phi) is 3.05. The van der Waals surface area contributed by atoms with Crippen molar-refractivity contribution in [2.45, 2.75) is 6.18 Å². The third-order valence-electron chi connectivity index (χ3n) is 1.18. The summed E-state index contributed by atoms with van der Waals surface area (Å²) in [4.78, 5) is 6.09. The molecule has 76 valence electrons. The van der Waals surface area contributed by atoms with Crippen LogP contribution in [0.4, 0.5) is 23.4 Å². The first-order valence-corrected chi connectivity index (χ1v) is 3.71. The SMILES string of the molecule is Fc1cccnc1N=C(Cl)C(F)(F)F. The zero-order valence-electron chi connectivity index (χ0n) is 6.52. The number of aliphatic imine (C=N–C) groups is 1. The van der Waals surface area contributed by atoms with Gasteiger partial charge in [-0.2, -0.15) is 13.2 Å². The van der Waals surface area contributed by atoms with E-state index in [9.17, 15) is 17.6 Å². The van der Waals surface area contributed by atoms with Crippen LogP contribution < -0.4 is 0 Å². The average molecular weight is 227 g/mol. The van der Waals surface area contributed by atoms with E-state index in [-0.39, 0.29) is 0 Å². The third-order valence-corrected chi connectivity index (χ3v) is 1.48. The molecule has 0 fully saturated rings. The minimum absolute atomic E-state index is 0.685. The van der Waals surface area contributed by atoms with Crippen molar-refractivity contribution in [2.75, 3.05) is 0 Å². The maximum atomic E-state index is 12.7. The number of hydrogen-bond donors (Lipinski definition) is 0. The maximum absolute atomic E-state index is 12.7. The Morgan fingerprint density at radius 2 is 2.07 bits per heavy atom. The van der Waals surface area contributed by atoms with Crippen LogP contribution in [0.5, 0.6) is 0 Å². The Labute approximate surface area is 81.2 Å². The number of halogens is 5. The molecule has 0 amide bonds. The topological polar surface area (TPSA) is 25.2 Å². The molecule has 1 heterocycles. The summed E-state index contributed by atoms with van der Waals surface area (Å²) >= 11 is 4.78. The van der Waals surface area contributed by atoms with Crippen molar-refractivity contribution in [3.05, 3.63) is 24.1 Å². The fourth-order valence-corrected chi connectivity index (χ4v) is 0.696. The lowest BCUT2D eigenvalue weighted by Gasteiger charge is -2.02. The van der Waals surface area contributed by atoms with E-state index in [4.69, 9.17) is 11.6 Å². The number of rotatable bonds is 1. The molecule has 0 spiro atoms. The molecule has 0 atom stereocenters. The highest BCUT2D eigenvalue weighted by Gasteiger charge is 2.34. The van der Waals surface area contributed by atoms with Crippen molar-refractivity contribution in [1.82, 2.24) is 4.98 Å². The van der Waals surface area contributed by atoms with Gasteiger partial charge in [0.05, 0.1) is 0 Å². The number of aromatic nitrogens is 1. The van der Waals surface area contributed by atoms with Crippen LogP contribution in [0, 0.1) is 5.82 Å². The summed E-state index contributed by atoms with van der Waals surface area (Å²) in [6.07, 6.45) is -3.67. The van der Waals surface area contributed by atoms with Crippen LogP contribution in [0.1, 0.15) is 0 Å². The zero-order chi connectivity index (χ0) is 10.8. The standard InChI is InChI=1S/C7H3ClF4N2/c8-6(7(10,11)12)14-5-4(9)2-1-3-13-5/h1-3H. The Bertz CT molecular complexity index is 361. The second kappa shape index (κ2) is 3.91. The second-order valence-corrected chi connectivity index (χ2v) is 2.57. The molecule has 1 rings (SSSR count). The molecular weight excluding hydrogens is 224 g/mol. The van der Waals surface area contributed by atoms with Gasteiger partial charge in [-0.15, -0.1) is 0 Å². The van der Waals surface area contributed by atoms with Gasteiger partial charge >= 0.3 is 6.18 Å². The van der Waals surface area contributed by atoms with Crippen molar-refractivity contribution >= 4 is 22.6 Å². The molecule has 2 nitrogen and oxygen atoms in total. The first-order chi connectivity index (χ1) is 6.41. The van der Waals surface area contributed by atoms with E-state index in [0.29, 0.717) is 0 Å². The van der Waals surface area contributed by atoms with Crippen LogP contribution >= 0.6 is 11.6 Å². The summed E-state index contributed by atoms with van der Waals surface area (Å²) < 4.78 is 48.3. The molecule has 0 unspecified atom stereocenters. The van der Waals surface area contributed by atoms with E-state index in [2.05, 4.69) is 9.98 Å². The van der Waals surface area contributed by atoms with Gasteiger partial charge < -0.3 is 0 Å². The highest BCUT2D eigenvalue weighted by atomic mass is 35.5. The summed E-state index contributed by atoms with van der Waals surface area (Å²) in [5.74, 6) is -1.65. The molecule has 0 radical (unpaired) electrons. The highest BCUT2D eigenvalue weighted by molar-refractivity contribution is 6.67. The van der Waals surface area contributed by atoms with Crippen LogP contribution in [-0.4, -0.2) is 16.3 Å². The molecule has 0 saturated carbocycles. The average Bonchev–Trinajstić information content (AvgIpc) is 2.07. The van der Waals surface area contributed by atoms with Crippen LogP contribution in [0.3, 0.4) is 0 Å². The second-order valence-electron chi connectivity index (χ2n) is 2.21. The number of alkyl halides is 3. The van der Waals surface area contributed by atoms with Gasteiger partial charge in [-0.1, -0.05) is 11.6 Å². The fourth-order valence-electron chi connectivity index (χ4n) is 0.616. The molecule has 0 saturated heterocycles. The lowest BCUT2D eigenvalue weighted by atomic mass is 10.4. The zero-order valence-corrected chi connectivity index (χ0v) is 7.27. The molecule has 0 aliphatic rings. The molecule has 0 aliphatic carbocycles. The Morgan fingerprint density at radius 1 is 1.43 bits per heavy atom. The van der Waals surface area contributed by atoms with Crippen LogP contribution in [-0.2, 0) is 0 Å². The Hall–Kier alpha value is -1.17. The van der Waals surface area contributed by atoms with Crippen molar-refractivity contribution < 1.29 is 17.6 Å².